The summed E-state index contributed by atoms with van der Waals surface area (Å²) in [5, 5.41) is 10.4. The van der Waals surface area contributed by atoms with E-state index in [0.29, 0.717) is 5.56 Å². The third-order valence-corrected chi connectivity index (χ3v) is 9.60. The fourth-order valence-electron chi connectivity index (χ4n) is 6.73. The van der Waals surface area contributed by atoms with E-state index in [-0.39, 0.29) is 0 Å². The van der Waals surface area contributed by atoms with Crippen LogP contribution in [-0.4, -0.2) is 0 Å². The quantitative estimate of drug-likeness (QED) is 0.213. The molecule has 0 bridgehead atoms. The maximum Gasteiger partial charge on any atom is 0.141 e. The lowest BCUT2D eigenvalue weighted by Crippen LogP contribution is -2.30. The zero-order valence-corrected chi connectivity index (χ0v) is 22.0. The average molecular weight is 530 g/mol. The normalized spacial score (nSPS) is 15.2. The third-order valence-electron chi connectivity index (χ3n) is 8.38. The number of nitriles is 1. The Balaban J connectivity index is 1.35. The number of para-hydroxylation sites is 1. The Morgan fingerprint density at radius 1 is 0.675 bits per heavy atom. The summed E-state index contributed by atoms with van der Waals surface area (Å²) in [5.41, 5.74) is 8.91. The topological polar surface area (TPSA) is 46.2 Å². The highest BCUT2D eigenvalue weighted by atomic mass is 32.2. The van der Waals surface area contributed by atoms with Crippen LogP contribution in [0.25, 0.3) is 38.1 Å². The van der Waals surface area contributed by atoms with Crippen LogP contribution in [0.5, 0.6) is 5.75 Å². The van der Waals surface area contributed by atoms with E-state index < -0.39 is 5.41 Å². The number of rotatable bonds is 1. The minimum atomic E-state index is -0.675. The fraction of sp³-hybridized carbons (Fsp3) is 0.0278. The molecule has 2 aliphatic carbocycles. The number of nitrogens with zero attached hydrogens (tertiary/aromatic N) is 1. The van der Waals surface area contributed by atoms with Gasteiger partial charge in [-0.25, -0.2) is 0 Å². The Morgan fingerprint density at radius 3 is 2.10 bits per heavy atom. The van der Waals surface area contributed by atoms with Crippen molar-refractivity contribution in [3.8, 4) is 34.1 Å². The number of hydrogen-bond donors (Lipinski definition) is 0. The van der Waals surface area contributed by atoms with Crippen molar-refractivity contribution in [2.75, 3.05) is 0 Å². The first-order valence-electron chi connectivity index (χ1n) is 13.2. The summed E-state index contributed by atoms with van der Waals surface area (Å²) in [6, 6.07) is 41.8. The van der Waals surface area contributed by atoms with Crippen molar-refractivity contribution < 1.29 is 9.15 Å². The van der Waals surface area contributed by atoms with E-state index in [1.807, 2.05) is 36.4 Å². The monoisotopic (exact) mass is 529 g/mol. The van der Waals surface area contributed by atoms with E-state index in [1.165, 1.54) is 22.3 Å². The van der Waals surface area contributed by atoms with Gasteiger partial charge in [0, 0.05) is 10.9 Å². The summed E-state index contributed by atoms with van der Waals surface area (Å²) in [4.78, 5) is 2.17. The molecule has 0 N–H and O–H groups in total. The molecule has 0 unspecified atom stereocenters. The predicted octanol–water partition coefficient (Wildman–Crippen LogP) is 9.15. The van der Waals surface area contributed by atoms with Crippen LogP contribution in [0.2, 0.25) is 0 Å². The Morgan fingerprint density at radius 2 is 1.35 bits per heavy atom. The molecule has 40 heavy (non-hydrogen) atoms. The lowest BCUT2D eigenvalue weighted by atomic mass is 9.76. The van der Waals surface area contributed by atoms with Crippen molar-refractivity contribution in [2.24, 2.45) is 0 Å². The van der Waals surface area contributed by atoms with E-state index in [0.717, 1.165) is 54.7 Å². The molecule has 0 fully saturated rings. The van der Waals surface area contributed by atoms with E-state index in [4.69, 9.17) is 9.15 Å². The molecular weight excluding hydrogens is 510 g/mol. The number of allylic oxidation sites excluding steroid dienone is 1. The van der Waals surface area contributed by atoms with Crippen LogP contribution >= 0.6 is 11.8 Å². The molecule has 5 aromatic carbocycles. The second kappa shape index (κ2) is 7.79. The molecule has 2 heterocycles. The first-order chi connectivity index (χ1) is 19.8. The summed E-state index contributed by atoms with van der Waals surface area (Å²) < 4.78 is 13.9. The van der Waals surface area contributed by atoms with Gasteiger partial charge in [-0.3, -0.25) is 0 Å². The van der Waals surface area contributed by atoms with Crippen LogP contribution in [0.3, 0.4) is 0 Å². The van der Waals surface area contributed by atoms with E-state index in [9.17, 15) is 5.26 Å². The van der Waals surface area contributed by atoms with Crippen LogP contribution in [0, 0.1) is 11.3 Å². The molecule has 1 aromatic heterocycles. The number of benzene rings is 5. The van der Waals surface area contributed by atoms with Crippen molar-refractivity contribution in [2.45, 2.75) is 10.3 Å². The molecule has 9 rings (SSSR count). The second-order valence-electron chi connectivity index (χ2n) is 10.3. The van der Waals surface area contributed by atoms with Crippen LogP contribution in [-0.2, 0) is 5.41 Å². The van der Waals surface area contributed by atoms with Gasteiger partial charge in [0.15, 0.2) is 0 Å². The largest absolute Gasteiger partial charge is 0.459 e. The molecular formula is C36H19NO2S. The number of thioether (sulfide) groups is 1. The summed E-state index contributed by atoms with van der Waals surface area (Å²) in [6.45, 7) is 0. The highest BCUT2D eigenvalue weighted by Gasteiger charge is 2.59. The highest BCUT2D eigenvalue weighted by molar-refractivity contribution is 8.08. The molecule has 3 nitrogen and oxygen atoms in total. The summed E-state index contributed by atoms with van der Waals surface area (Å²) in [6.07, 6.45) is 0. The molecule has 1 aliphatic heterocycles. The molecule has 4 heteroatoms. The van der Waals surface area contributed by atoms with Crippen LogP contribution < -0.4 is 4.74 Å². The number of ether oxygens (including phenoxy) is 1. The van der Waals surface area contributed by atoms with Gasteiger partial charge in [0.25, 0.3) is 0 Å². The van der Waals surface area contributed by atoms with Crippen molar-refractivity contribution in [1.82, 2.24) is 0 Å². The minimum Gasteiger partial charge on any atom is -0.459 e. The molecule has 6 aromatic rings. The fourth-order valence-corrected chi connectivity index (χ4v) is 8.03. The first-order valence-corrected chi connectivity index (χ1v) is 14.1. The Labute approximate surface area is 235 Å². The van der Waals surface area contributed by atoms with E-state index in [1.54, 1.807) is 11.8 Å². The second-order valence-corrected chi connectivity index (χ2v) is 11.3. The summed E-state index contributed by atoms with van der Waals surface area (Å²) in [5.74, 6) is 2.68. The van der Waals surface area contributed by atoms with Gasteiger partial charge in [-0.05, 0) is 57.6 Å². The Hall–Kier alpha value is -4.98. The first kappa shape index (κ1) is 21.9. The zero-order valence-electron chi connectivity index (χ0n) is 21.1. The standard InChI is InChI=1S/C36H19NO2S/c37-20-21-16-18-22(19-17-21)23-11-7-15-30-32(23)40-33-31-26-10-3-6-14-29(26)38-34(31)36(35(33)39-30)27-12-4-1-8-24(27)25-9-2-5-13-28(25)36/h1-19H. The SMILES string of the molecule is N#Cc1ccc(-c2cccc3c2SC2=C(O3)C3(c4ccccc4-c4ccccc43)c3oc4ccccc4c32)cc1. The van der Waals surface area contributed by atoms with Crippen LogP contribution in [0.1, 0.15) is 28.0 Å². The van der Waals surface area contributed by atoms with Gasteiger partial charge in [-0.1, -0.05) is 103 Å². The molecule has 1 spiro atoms. The van der Waals surface area contributed by atoms with Gasteiger partial charge < -0.3 is 9.15 Å². The van der Waals surface area contributed by atoms with E-state index in [2.05, 4.69) is 84.9 Å². The molecule has 0 radical (unpaired) electrons. The van der Waals surface area contributed by atoms with Gasteiger partial charge in [-0.15, -0.1) is 0 Å². The lowest BCUT2D eigenvalue weighted by molar-refractivity contribution is 0.344. The maximum atomic E-state index is 9.30. The van der Waals surface area contributed by atoms with Crippen LogP contribution in [0.4, 0.5) is 0 Å². The average Bonchev–Trinajstić information content (AvgIpc) is 3.63. The number of hydrogen-bond acceptors (Lipinski definition) is 4. The molecule has 0 amide bonds. The van der Waals surface area contributed by atoms with Crippen LogP contribution in [0.15, 0.2) is 130 Å². The molecule has 0 saturated carbocycles. The minimum absolute atomic E-state index is 0.647. The van der Waals surface area contributed by atoms with E-state index >= 15 is 0 Å². The highest BCUT2D eigenvalue weighted by Crippen LogP contribution is 2.68. The molecule has 3 aliphatic rings. The Bertz CT molecular complexity index is 2080. The zero-order chi connectivity index (χ0) is 26.4. The van der Waals surface area contributed by atoms with Gasteiger partial charge >= 0.3 is 0 Å². The third kappa shape index (κ3) is 2.60. The smallest absolute Gasteiger partial charge is 0.141 e. The maximum absolute atomic E-state index is 9.30. The van der Waals surface area contributed by atoms with Crippen molar-refractivity contribution in [3.05, 3.63) is 149 Å². The molecule has 186 valence electrons. The van der Waals surface area contributed by atoms with Gasteiger partial charge in [0.1, 0.15) is 28.3 Å². The van der Waals surface area contributed by atoms with Gasteiger partial charge in [0.05, 0.1) is 21.4 Å². The van der Waals surface area contributed by atoms with Crippen molar-refractivity contribution in [1.29, 1.82) is 5.26 Å². The molecule has 0 atom stereocenters. The lowest BCUT2D eigenvalue weighted by Gasteiger charge is -2.32. The van der Waals surface area contributed by atoms with Crippen molar-refractivity contribution in [3.63, 3.8) is 0 Å². The number of furan rings is 1. The summed E-state index contributed by atoms with van der Waals surface area (Å²) in [7, 11) is 0. The van der Waals surface area contributed by atoms with Gasteiger partial charge in [-0.2, -0.15) is 5.26 Å². The Kier molecular flexibility index (Phi) is 4.26. The predicted molar refractivity (Wildman–Crippen MR) is 158 cm³/mol. The molecule has 0 saturated heterocycles. The number of fused-ring (bicyclic) bond motifs is 12. The van der Waals surface area contributed by atoms with Gasteiger partial charge in [0.2, 0.25) is 0 Å². The summed E-state index contributed by atoms with van der Waals surface area (Å²) >= 11 is 1.76. The van der Waals surface area contributed by atoms with Crippen molar-refractivity contribution >= 4 is 27.6 Å².